The zero-order valence-corrected chi connectivity index (χ0v) is 44.9. The summed E-state index contributed by atoms with van der Waals surface area (Å²) in [7, 11) is 0. The van der Waals surface area contributed by atoms with Crippen LogP contribution in [0.15, 0.2) is 36.5 Å². The van der Waals surface area contributed by atoms with Gasteiger partial charge in [0, 0.05) is 12.8 Å². The number of aliphatic hydroxyl groups is 2. The molecular weight excluding hydrogens is 827 g/mol. The highest BCUT2D eigenvalue weighted by molar-refractivity contribution is 5.76. The fraction of sp³-hybridized carbons (Fsp3) is 0.869. The fourth-order valence-corrected chi connectivity index (χ4v) is 9.10. The maximum Gasteiger partial charge on any atom is 0.305 e. The van der Waals surface area contributed by atoms with Crippen LogP contribution in [0.4, 0.5) is 0 Å². The molecule has 0 rings (SSSR count). The molecule has 0 saturated heterocycles. The van der Waals surface area contributed by atoms with Gasteiger partial charge in [-0.1, -0.05) is 275 Å². The van der Waals surface area contributed by atoms with E-state index in [1.165, 1.54) is 212 Å². The van der Waals surface area contributed by atoms with Crippen molar-refractivity contribution in [3.8, 4) is 0 Å². The highest BCUT2D eigenvalue weighted by Gasteiger charge is 2.18. The average molecular weight is 943 g/mol. The molecule has 3 N–H and O–H groups in total. The monoisotopic (exact) mass is 942 g/mol. The van der Waals surface area contributed by atoms with Crippen LogP contribution in [-0.4, -0.2) is 47.4 Å². The summed E-state index contributed by atoms with van der Waals surface area (Å²) in [5.41, 5.74) is 0. The molecule has 0 saturated carbocycles. The maximum atomic E-state index is 12.4. The Morgan fingerprint density at radius 2 is 0.731 bits per heavy atom. The summed E-state index contributed by atoms with van der Waals surface area (Å²) in [6.07, 6.45) is 70.4. The minimum atomic E-state index is -0.850. The molecule has 1 amide bonds. The highest BCUT2D eigenvalue weighted by atomic mass is 16.5. The summed E-state index contributed by atoms with van der Waals surface area (Å²) in [5, 5.41) is 23.0. The number of rotatable bonds is 55. The molecule has 0 aliphatic heterocycles. The van der Waals surface area contributed by atoms with E-state index in [-0.39, 0.29) is 18.5 Å². The van der Waals surface area contributed by atoms with Crippen LogP contribution >= 0.6 is 0 Å². The number of carbonyl (C=O) groups excluding carboxylic acids is 2. The second kappa shape index (κ2) is 56.7. The van der Waals surface area contributed by atoms with Crippen LogP contribution in [0, 0.1) is 0 Å². The van der Waals surface area contributed by atoms with Crippen LogP contribution in [0.3, 0.4) is 0 Å². The van der Waals surface area contributed by atoms with Gasteiger partial charge < -0.3 is 20.3 Å². The van der Waals surface area contributed by atoms with Crippen molar-refractivity contribution in [1.82, 2.24) is 5.32 Å². The van der Waals surface area contributed by atoms with Gasteiger partial charge in [-0.25, -0.2) is 0 Å². The van der Waals surface area contributed by atoms with Crippen molar-refractivity contribution in [3.05, 3.63) is 36.5 Å². The molecule has 394 valence electrons. The van der Waals surface area contributed by atoms with Crippen LogP contribution in [0.25, 0.3) is 0 Å². The van der Waals surface area contributed by atoms with Crippen LogP contribution < -0.4 is 5.32 Å². The van der Waals surface area contributed by atoms with Crippen LogP contribution in [0.1, 0.15) is 316 Å². The van der Waals surface area contributed by atoms with E-state index in [0.717, 1.165) is 77.0 Å². The van der Waals surface area contributed by atoms with E-state index in [9.17, 15) is 19.8 Å². The van der Waals surface area contributed by atoms with Gasteiger partial charge in [-0.05, 0) is 64.2 Å². The van der Waals surface area contributed by atoms with Crippen LogP contribution in [-0.2, 0) is 14.3 Å². The molecule has 2 atom stereocenters. The first-order chi connectivity index (χ1) is 33.0. The van der Waals surface area contributed by atoms with Gasteiger partial charge in [0.05, 0.1) is 25.4 Å². The van der Waals surface area contributed by atoms with E-state index < -0.39 is 12.1 Å². The molecule has 0 aliphatic carbocycles. The summed E-state index contributed by atoms with van der Waals surface area (Å²) < 4.78 is 5.47. The molecule has 67 heavy (non-hydrogen) atoms. The minimum absolute atomic E-state index is 0.00956. The summed E-state index contributed by atoms with van der Waals surface area (Å²) >= 11 is 0. The summed E-state index contributed by atoms with van der Waals surface area (Å²) in [5.74, 6) is -0.0880. The normalized spacial score (nSPS) is 12.8. The van der Waals surface area contributed by atoms with E-state index in [0.29, 0.717) is 19.4 Å². The molecule has 0 bridgehead atoms. The van der Waals surface area contributed by atoms with E-state index in [4.69, 9.17) is 4.74 Å². The van der Waals surface area contributed by atoms with Crippen LogP contribution in [0.5, 0.6) is 0 Å². The van der Waals surface area contributed by atoms with Gasteiger partial charge in [-0.3, -0.25) is 9.59 Å². The standard InChI is InChI=1S/C61H115NO5/c1-3-5-7-9-11-13-15-17-18-19-21-25-28-31-35-39-43-47-51-55-61(66)67-56-52-48-44-40-36-32-29-26-23-20-22-24-27-30-34-38-42-46-50-54-60(65)62-58(57-63)59(64)53-49-45-41-37-33-16-14-12-10-8-6-4-2/h26,29,32,36,49,53,58-59,63-64H,3-25,27-28,30-31,33-35,37-48,50-52,54-57H2,1-2H3,(H,62,65)/b29-26-,36-32-,53-49+. The van der Waals surface area contributed by atoms with Crippen molar-refractivity contribution in [1.29, 1.82) is 0 Å². The molecule has 2 unspecified atom stereocenters. The van der Waals surface area contributed by atoms with E-state index in [1.807, 2.05) is 6.08 Å². The van der Waals surface area contributed by atoms with Crippen molar-refractivity contribution in [2.24, 2.45) is 0 Å². The van der Waals surface area contributed by atoms with Gasteiger partial charge in [0.2, 0.25) is 5.91 Å². The lowest BCUT2D eigenvalue weighted by Gasteiger charge is -2.20. The third-order valence-electron chi connectivity index (χ3n) is 13.7. The van der Waals surface area contributed by atoms with Gasteiger partial charge in [-0.2, -0.15) is 0 Å². The average Bonchev–Trinajstić information content (AvgIpc) is 3.33. The lowest BCUT2D eigenvalue weighted by atomic mass is 10.0. The molecule has 6 nitrogen and oxygen atoms in total. The first-order valence-electron chi connectivity index (χ1n) is 29.8. The number of hydrogen-bond donors (Lipinski definition) is 3. The second-order valence-electron chi connectivity index (χ2n) is 20.4. The minimum Gasteiger partial charge on any atom is -0.466 e. The summed E-state index contributed by atoms with van der Waals surface area (Å²) in [6.45, 7) is 4.87. The third kappa shape index (κ3) is 53.3. The molecule has 0 heterocycles. The van der Waals surface area contributed by atoms with Crippen molar-refractivity contribution >= 4 is 11.9 Å². The van der Waals surface area contributed by atoms with Crippen molar-refractivity contribution in [3.63, 3.8) is 0 Å². The maximum absolute atomic E-state index is 12.4. The fourth-order valence-electron chi connectivity index (χ4n) is 9.10. The number of hydrogen-bond acceptors (Lipinski definition) is 5. The van der Waals surface area contributed by atoms with Crippen LogP contribution in [0.2, 0.25) is 0 Å². The lowest BCUT2D eigenvalue weighted by molar-refractivity contribution is -0.143. The Kier molecular flexibility index (Phi) is 55.0. The smallest absolute Gasteiger partial charge is 0.305 e. The summed E-state index contributed by atoms with van der Waals surface area (Å²) in [6, 6.07) is -0.635. The number of esters is 1. The molecule has 0 aromatic heterocycles. The Hall–Kier alpha value is -1.92. The molecule has 6 heteroatoms. The Morgan fingerprint density at radius 3 is 1.10 bits per heavy atom. The lowest BCUT2D eigenvalue weighted by Crippen LogP contribution is -2.45. The first-order valence-corrected chi connectivity index (χ1v) is 29.8. The van der Waals surface area contributed by atoms with E-state index >= 15 is 0 Å². The Labute approximate surface area is 417 Å². The van der Waals surface area contributed by atoms with Crippen molar-refractivity contribution < 1.29 is 24.5 Å². The van der Waals surface area contributed by atoms with Gasteiger partial charge in [0.1, 0.15) is 0 Å². The van der Waals surface area contributed by atoms with Gasteiger partial charge in [0.25, 0.3) is 0 Å². The molecular formula is C61H115NO5. The second-order valence-corrected chi connectivity index (χ2v) is 20.4. The predicted octanol–water partition coefficient (Wildman–Crippen LogP) is 18.4. The number of nitrogens with one attached hydrogen (secondary N) is 1. The largest absolute Gasteiger partial charge is 0.466 e. The molecule has 0 fully saturated rings. The number of unbranched alkanes of at least 4 members (excludes halogenated alkanes) is 41. The third-order valence-corrected chi connectivity index (χ3v) is 13.7. The van der Waals surface area contributed by atoms with Crippen molar-refractivity contribution in [2.75, 3.05) is 13.2 Å². The van der Waals surface area contributed by atoms with Gasteiger partial charge in [0.15, 0.2) is 0 Å². The summed E-state index contributed by atoms with van der Waals surface area (Å²) in [4.78, 5) is 24.5. The number of allylic oxidation sites excluding steroid dienone is 5. The topological polar surface area (TPSA) is 95.9 Å². The van der Waals surface area contributed by atoms with Gasteiger partial charge in [-0.15, -0.1) is 0 Å². The van der Waals surface area contributed by atoms with Gasteiger partial charge >= 0.3 is 5.97 Å². The molecule has 0 aromatic carbocycles. The first kappa shape index (κ1) is 65.1. The number of carbonyl (C=O) groups is 2. The SMILES string of the molecule is CCCCCCCCCCCC/C=C/C(O)C(CO)NC(=O)CCCCCCCCCCCC/C=C\C=C/CCCCCOC(=O)CCCCCCCCCCCCCCCCCCCCC. The Balaban J connectivity index is 3.46. The molecule has 0 radical (unpaired) electrons. The zero-order valence-electron chi connectivity index (χ0n) is 44.9. The molecule has 0 aliphatic rings. The molecule has 0 aromatic rings. The number of aliphatic hydroxyl groups excluding tert-OH is 2. The van der Waals surface area contributed by atoms with E-state index in [1.54, 1.807) is 6.08 Å². The highest BCUT2D eigenvalue weighted by Crippen LogP contribution is 2.17. The Bertz CT molecular complexity index is 1090. The van der Waals surface area contributed by atoms with E-state index in [2.05, 4.69) is 43.5 Å². The Morgan fingerprint density at radius 1 is 0.418 bits per heavy atom. The predicted molar refractivity (Wildman–Crippen MR) is 292 cm³/mol. The quantitative estimate of drug-likeness (QED) is 0.0244. The van der Waals surface area contributed by atoms with Crippen molar-refractivity contribution in [2.45, 2.75) is 328 Å². The molecule has 0 spiro atoms. The number of amides is 1. The zero-order chi connectivity index (χ0) is 48.6. The number of ether oxygens (including phenoxy) is 1.